The summed E-state index contributed by atoms with van der Waals surface area (Å²) >= 11 is 0. The highest BCUT2D eigenvalue weighted by molar-refractivity contribution is 7.89. The fraction of sp³-hybridized carbons (Fsp3) is 0.464. The van der Waals surface area contributed by atoms with Crippen LogP contribution in [0.4, 0.5) is 32.0 Å². The predicted molar refractivity (Wildman–Crippen MR) is 156 cm³/mol. The first-order chi connectivity index (χ1) is 21.1. The number of nitrogens with one attached hydrogen (secondary N) is 1. The van der Waals surface area contributed by atoms with Crippen molar-refractivity contribution >= 4 is 32.4 Å². The summed E-state index contributed by atoms with van der Waals surface area (Å²) < 4.78 is 117. The van der Waals surface area contributed by atoms with Crippen molar-refractivity contribution in [1.82, 2.24) is 9.55 Å². The van der Waals surface area contributed by atoms with Gasteiger partial charge in [0.1, 0.15) is 5.88 Å². The summed E-state index contributed by atoms with van der Waals surface area (Å²) in [6.07, 6.45) is -9.64. The van der Waals surface area contributed by atoms with Crippen LogP contribution in [0.1, 0.15) is 71.5 Å². The number of nitrogens with two attached hydrogens (primary N) is 1. The number of methoxy groups -OCH3 is 3. The lowest BCUT2D eigenvalue weighted by Crippen LogP contribution is -2.37. The smallest absolute Gasteiger partial charge is 0.416 e. The summed E-state index contributed by atoms with van der Waals surface area (Å²) in [6, 6.07) is 3.48. The fourth-order valence-corrected chi connectivity index (χ4v) is 5.34. The molecule has 2 aromatic carbocycles. The van der Waals surface area contributed by atoms with E-state index in [4.69, 9.17) is 15.2 Å². The molecule has 11 nitrogen and oxygen atoms in total. The summed E-state index contributed by atoms with van der Waals surface area (Å²) in [4.78, 5) is 38.1. The summed E-state index contributed by atoms with van der Waals surface area (Å²) in [5.41, 5.74) is 0.373. The van der Waals surface area contributed by atoms with E-state index in [0.29, 0.717) is 17.1 Å². The Balaban J connectivity index is 0.000000332. The lowest BCUT2D eigenvalue weighted by molar-refractivity contribution is -0.140. The minimum absolute atomic E-state index is 0.106. The normalized spacial score (nSPS) is 13.6. The number of nitrogens with zero attached hydrogens (tertiary/aromatic N) is 1. The number of rotatable bonds is 9. The lowest BCUT2D eigenvalue weighted by Gasteiger charge is -2.21. The molecular formula is C28H33F6N3O8S. The van der Waals surface area contributed by atoms with Gasteiger partial charge in [-0.3, -0.25) is 4.79 Å². The Morgan fingerprint density at radius 3 is 1.78 bits per heavy atom. The number of halogens is 6. The zero-order valence-corrected chi connectivity index (χ0v) is 26.4. The number of benzene rings is 2. The third-order valence-electron chi connectivity index (χ3n) is 6.76. The maximum Gasteiger partial charge on any atom is 0.416 e. The zero-order valence-electron chi connectivity index (χ0n) is 25.6. The Morgan fingerprint density at radius 2 is 1.37 bits per heavy atom. The average molecular weight is 686 g/mol. The van der Waals surface area contributed by atoms with Crippen LogP contribution in [0, 0.1) is 0 Å². The van der Waals surface area contributed by atoms with E-state index in [1.165, 1.54) is 14.2 Å². The SMILES string of the molecule is CCC(OC)c1cc(C(=O)OC)c(N)cc1C(F)(F)F.CCC(OC)c1cc2c(=O)n(CS(C)(=O)=O)c(=O)[nH]c2cc1C(F)(F)F. The molecule has 0 radical (unpaired) electrons. The molecule has 46 heavy (non-hydrogen) atoms. The lowest BCUT2D eigenvalue weighted by atomic mass is 9.96. The molecule has 0 bridgehead atoms. The van der Waals surface area contributed by atoms with Crippen LogP contribution in [0.25, 0.3) is 10.9 Å². The van der Waals surface area contributed by atoms with Gasteiger partial charge in [0.05, 0.1) is 46.9 Å². The topological polar surface area (TPSA) is 160 Å². The highest BCUT2D eigenvalue weighted by Gasteiger charge is 2.37. The Bertz CT molecular complexity index is 1790. The fourth-order valence-electron chi connectivity index (χ4n) is 4.64. The van der Waals surface area contributed by atoms with E-state index in [0.717, 1.165) is 31.6 Å². The number of fused-ring (bicyclic) bond motifs is 1. The number of carbonyl (C=O) groups excluding carboxylic acids is 1. The molecule has 1 aromatic heterocycles. The highest BCUT2D eigenvalue weighted by atomic mass is 32.2. The molecule has 3 N–H and O–H groups in total. The number of carbonyl (C=O) groups is 1. The Labute approximate surface area is 259 Å². The van der Waals surface area contributed by atoms with Gasteiger partial charge in [-0.2, -0.15) is 26.3 Å². The standard InChI is InChI=1S/C15H17F3N2O5S.C13H16F3NO3/c1-4-12(25-2)8-5-9-11(6-10(8)15(16,17)18)19-14(22)20(13(9)21)7-26(3,23)24;1-4-11(19-2)7-5-8(12(18)20-3)10(17)6-9(7)13(14,15)16/h5-6,12H,4,7H2,1-3H3,(H,19,22);5-6,11H,4,17H2,1-3H3. The minimum Gasteiger partial charge on any atom is -0.465 e. The van der Waals surface area contributed by atoms with Crippen LogP contribution < -0.4 is 17.0 Å². The van der Waals surface area contributed by atoms with Crippen molar-refractivity contribution in [2.45, 2.75) is 57.1 Å². The molecule has 0 amide bonds. The van der Waals surface area contributed by atoms with Gasteiger partial charge in [0.15, 0.2) is 9.84 Å². The van der Waals surface area contributed by atoms with Gasteiger partial charge in [0.2, 0.25) is 0 Å². The number of esters is 1. The van der Waals surface area contributed by atoms with Gasteiger partial charge in [-0.05, 0) is 48.2 Å². The average Bonchev–Trinajstić information content (AvgIpc) is 2.95. The van der Waals surface area contributed by atoms with Crippen molar-refractivity contribution in [1.29, 1.82) is 0 Å². The zero-order chi connectivity index (χ0) is 35.4. The number of anilines is 1. The number of aromatic amines is 1. The molecule has 2 atom stereocenters. The van der Waals surface area contributed by atoms with E-state index < -0.39 is 68.6 Å². The Morgan fingerprint density at radius 1 is 0.891 bits per heavy atom. The van der Waals surface area contributed by atoms with E-state index in [1.807, 2.05) is 0 Å². The molecule has 1 heterocycles. The van der Waals surface area contributed by atoms with Gasteiger partial charge in [-0.25, -0.2) is 22.6 Å². The van der Waals surface area contributed by atoms with E-state index in [1.54, 1.807) is 13.8 Å². The van der Waals surface area contributed by atoms with Crippen LogP contribution in [0.15, 0.2) is 33.9 Å². The van der Waals surface area contributed by atoms with E-state index in [9.17, 15) is 49.1 Å². The van der Waals surface area contributed by atoms with Gasteiger partial charge in [0.25, 0.3) is 5.56 Å². The molecule has 3 aromatic rings. The summed E-state index contributed by atoms with van der Waals surface area (Å²) in [5.74, 6) is -1.67. The van der Waals surface area contributed by atoms with Crippen LogP contribution in [0.2, 0.25) is 0 Å². The third-order valence-corrected chi connectivity index (χ3v) is 7.49. The van der Waals surface area contributed by atoms with Crippen LogP contribution in [-0.2, 0) is 42.3 Å². The number of hydrogen-bond donors (Lipinski definition) is 2. The number of nitrogen functional groups attached to an aromatic ring is 1. The highest BCUT2D eigenvalue weighted by Crippen LogP contribution is 2.40. The van der Waals surface area contributed by atoms with E-state index >= 15 is 0 Å². The molecule has 0 aliphatic heterocycles. The predicted octanol–water partition coefficient (Wildman–Crippen LogP) is 4.98. The second kappa shape index (κ2) is 14.7. The minimum atomic E-state index is -4.73. The van der Waals surface area contributed by atoms with Gasteiger partial charge in [-0.15, -0.1) is 0 Å². The van der Waals surface area contributed by atoms with Crippen molar-refractivity contribution in [3.8, 4) is 0 Å². The summed E-state index contributed by atoms with van der Waals surface area (Å²) in [7, 11) is -0.0366. The molecule has 2 unspecified atom stereocenters. The van der Waals surface area contributed by atoms with Crippen LogP contribution in [0.3, 0.4) is 0 Å². The molecular weight excluding hydrogens is 652 g/mol. The van der Waals surface area contributed by atoms with Crippen molar-refractivity contribution in [2.24, 2.45) is 0 Å². The molecule has 0 saturated heterocycles. The van der Waals surface area contributed by atoms with Crippen LogP contribution in [-0.4, -0.2) is 51.5 Å². The molecule has 0 aliphatic rings. The largest absolute Gasteiger partial charge is 0.465 e. The molecule has 18 heteroatoms. The van der Waals surface area contributed by atoms with Crippen molar-refractivity contribution in [2.75, 3.05) is 33.3 Å². The maximum atomic E-state index is 13.4. The van der Waals surface area contributed by atoms with E-state index in [-0.39, 0.29) is 39.7 Å². The molecule has 3 rings (SSSR count). The van der Waals surface area contributed by atoms with Crippen LogP contribution in [0.5, 0.6) is 0 Å². The van der Waals surface area contributed by atoms with Crippen molar-refractivity contribution in [3.63, 3.8) is 0 Å². The molecule has 256 valence electrons. The first-order valence-electron chi connectivity index (χ1n) is 13.3. The monoisotopic (exact) mass is 685 g/mol. The van der Waals surface area contributed by atoms with Gasteiger partial charge < -0.3 is 24.9 Å². The second-order valence-electron chi connectivity index (χ2n) is 9.98. The number of H-pyrrole nitrogens is 1. The molecule has 0 aliphatic carbocycles. The molecule has 0 spiro atoms. The van der Waals surface area contributed by atoms with Crippen LogP contribution >= 0.6 is 0 Å². The summed E-state index contributed by atoms with van der Waals surface area (Å²) in [5, 5.41) is -0.230. The number of ether oxygens (including phenoxy) is 3. The van der Waals surface area contributed by atoms with E-state index in [2.05, 4.69) is 9.72 Å². The second-order valence-corrected chi connectivity index (χ2v) is 12.1. The maximum absolute atomic E-state index is 13.4. The Kier molecular flexibility index (Phi) is 12.2. The van der Waals surface area contributed by atoms with Gasteiger partial charge in [-0.1, -0.05) is 13.8 Å². The molecule has 0 saturated carbocycles. The van der Waals surface area contributed by atoms with Gasteiger partial charge in [0, 0.05) is 26.2 Å². The molecule has 0 fully saturated rings. The number of aromatic nitrogens is 2. The number of hydrogen-bond acceptors (Lipinski definition) is 9. The first kappa shape index (κ1) is 38.3. The van der Waals surface area contributed by atoms with Gasteiger partial charge >= 0.3 is 24.0 Å². The third kappa shape index (κ3) is 8.88. The number of alkyl halides is 6. The van der Waals surface area contributed by atoms with Crippen molar-refractivity contribution < 1.29 is 53.8 Å². The Hall–Kier alpha value is -3.90. The first-order valence-corrected chi connectivity index (χ1v) is 15.4. The quantitative estimate of drug-likeness (QED) is 0.180. The van der Waals surface area contributed by atoms with Crippen molar-refractivity contribution in [3.05, 3.63) is 72.9 Å². The summed E-state index contributed by atoms with van der Waals surface area (Å²) in [6.45, 7) is 3.30. The number of sulfone groups is 1.